The molecule has 1 amide bonds. The summed E-state index contributed by atoms with van der Waals surface area (Å²) in [6.07, 6.45) is 4.17. The van der Waals surface area contributed by atoms with E-state index in [0.29, 0.717) is 6.04 Å². The standard InChI is InChI=1S/C19H27FN2O2/c1-14(23)21-11-8-17(9-12-21)22-10-2-3-19(24)18(22)13-15-4-6-16(20)7-5-15/h4-7,17-19,24H,2-3,8-13H2,1H3/t18-,19-/m0/s1. The Hall–Kier alpha value is -1.46. The number of amides is 1. The van der Waals surface area contributed by atoms with Crippen LogP contribution in [-0.2, 0) is 11.2 Å². The summed E-state index contributed by atoms with van der Waals surface area (Å²) in [4.78, 5) is 15.9. The van der Waals surface area contributed by atoms with E-state index in [0.717, 1.165) is 57.3 Å². The van der Waals surface area contributed by atoms with E-state index in [-0.39, 0.29) is 23.9 Å². The number of halogens is 1. The van der Waals surface area contributed by atoms with E-state index >= 15 is 0 Å². The second-order valence-electron chi connectivity index (χ2n) is 7.08. The van der Waals surface area contributed by atoms with E-state index in [1.165, 1.54) is 12.1 Å². The van der Waals surface area contributed by atoms with Crippen LogP contribution in [0.2, 0.25) is 0 Å². The lowest BCUT2D eigenvalue weighted by atomic mass is 9.89. The Morgan fingerprint density at radius 1 is 1.17 bits per heavy atom. The van der Waals surface area contributed by atoms with Crippen molar-refractivity contribution in [2.24, 2.45) is 0 Å². The van der Waals surface area contributed by atoms with Crippen LogP contribution in [0.4, 0.5) is 4.39 Å². The van der Waals surface area contributed by atoms with E-state index in [4.69, 9.17) is 0 Å². The van der Waals surface area contributed by atoms with Gasteiger partial charge >= 0.3 is 0 Å². The summed E-state index contributed by atoms with van der Waals surface area (Å²) in [5.74, 6) is -0.0774. The van der Waals surface area contributed by atoms with Crippen LogP contribution in [0.15, 0.2) is 24.3 Å². The van der Waals surface area contributed by atoms with Crippen LogP contribution in [0.3, 0.4) is 0 Å². The second-order valence-corrected chi connectivity index (χ2v) is 7.08. The first kappa shape index (κ1) is 17.4. The molecule has 5 heteroatoms. The average Bonchev–Trinajstić information content (AvgIpc) is 2.58. The zero-order valence-electron chi connectivity index (χ0n) is 14.3. The Bertz CT molecular complexity index is 555. The van der Waals surface area contributed by atoms with Crippen LogP contribution in [0.25, 0.3) is 0 Å². The third-order valence-corrected chi connectivity index (χ3v) is 5.52. The SMILES string of the molecule is CC(=O)N1CCC(N2CCC[C@H](O)[C@@H]2Cc2ccc(F)cc2)CC1. The number of piperidine rings is 2. The maximum absolute atomic E-state index is 13.1. The maximum Gasteiger partial charge on any atom is 0.219 e. The molecular weight excluding hydrogens is 307 g/mol. The molecule has 1 N–H and O–H groups in total. The van der Waals surface area contributed by atoms with Gasteiger partial charge in [-0.25, -0.2) is 4.39 Å². The zero-order valence-corrected chi connectivity index (χ0v) is 14.3. The number of carbonyl (C=O) groups is 1. The first-order valence-electron chi connectivity index (χ1n) is 8.98. The highest BCUT2D eigenvalue weighted by atomic mass is 19.1. The van der Waals surface area contributed by atoms with Crippen molar-refractivity contribution in [3.63, 3.8) is 0 Å². The first-order chi connectivity index (χ1) is 11.5. The van der Waals surface area contributed by atoms with Gasteiger partial charge in [-0.3, -0.25) is 9.69 Å². The van der Waals surface area contributed by atoms with Gasteiger partial charge in [0.25, 0.3) is 0 Å². The fourth-order valence-corrected chi connectivity index (χ4v) is 4.14. The summed E-state index contributed by atoms with van der Waals surface area (Å²) in [6, 6.07) is 7.10. The molecule has 4 nitrogen and oxygen atoms in total. The van der Waals surface area contributed by atoms with Crippen LogP contribution in [0, 0.1) is 5.82 Å². The van der Waals surface area contributed by atoms with Crippen molar-refractivity contribution in [1.29, 1.82) is 0 Å². The van der Waals surface area contributed by atoms with Crippen LogP contribution in [-0.4, -0.2) is 58.6 Å². The van der Waals surface area contributed by atoms with E-state index in [1.807, 2.05) is 17.0 Å². The minimum atomic E-state index is -0.338. The fraction of sp³-hybridized carbons (Fsp3) is 0.632. The molecule has 2 atom stereocenters. The molecule has 2 aliphatic heterocycles. The van der Waals surface area contributed by atoms with Crippen molar-refractivity contribution in [3.8, 4) is 0 Å². The largest absolute Gasteiger partial charge is 0.391 e. The van der Waals surface area contributed by atoms with Gasteiger partial charge in [-0.1, -0.05) is 12.1 Å². The highest BCUT2D eigenvalue weighted by Gasteiger charge is 2.36. The average molecular weight is 334 g/mol. The Kier molecular flexibility index (Phi) is 5.51. The Morgan fingerprint density at radius 3 is 2.46 bits per heavy atom. The van der Waals surface area contributed by atoms with Crippen molar-refractivity contribution in [3.05, 3.63) is 35.6 Å². The third-order valence-electron chi connectivity index (χ3n) is 5.52. The lowest BCUT2D eigenvalue weighted by molar-refractivity contribution is -0.131. The van der Waals surface area contributed by atoms with Gasteiger partial charge in [0, 0.05) is 32.1 Å². The number of carbonyl (C=O) groups excluding carboxylic acids is 1. The van der Waals surface area contributed by atoms with Gasteiger partial charge in [0.05, 0.1) is 6.10 Å². The van der Waals surface area contributed by atoms with Gasteiger partial charge in [-0.15, -0.1) is 0 Å². The molecule has 0 unspecified atom stereocenters. The van der Waals surface area contributed by atoms with Crippen molar-refractivity contribution in [2.75, 3.05) is 19.6 Å². The minimum Gasteiger partial charge on any atom is -0.391 e. The molecule has 0 spiro atoms. The van der Waals surface area contributed by atoms with Gasteiger partial charge in [0.1, 0.15) is 5.82 Å². The first-order valence-corrected chi connectivity index (χ1v) is 8.98. The molecule has 2 fully saturated rings. The fourth-order valence-electron chi connectivity index (χ4n) is 4.14. The summed E-state index contributed by atoms with van der Waals surface area (Å²) in [5, 5.41) is 10.5. The smallest absolute Gasteiger partial charge is 0.219 e. The Balaban J connectivity index is 1.68. The van der Waals surface area contributed by atoms with Crippen molar-refractivity contribution in [2.45, 2.75) is 57.2 Å². The molecule has 2 saturated heterocycles. The highest BCUT2D eigenvalue weighted by Crippen LogP contribution is 2.28. The zero-order chi connectivity index (χ0) is 17.1. The summed E-state index contributed by atoms with van der Waals surface area (Å²) in [5.41, 5.74) is 1.06. The molecule has 3 rings (SSSR count). The molecule has 0 aromatic heterocycles. The summed E-state index contributed by atoms with van der Waals surface area (Å²) in [6.45, 7) is 4.22. The molecule has 2 aliphatic rings. The third kappa shape index (κ3) is 3.95. The van der Waals surface area contributed by atoms with E-state index in [2.05, 4.69) is 4.90 Å². The molecule has 0 radical (unpaired) electrons. The Morgan fingerprint density at radius 2 is 1.83 bits per heavy atom. The molecule has 132 valence electrons. The minimum absolute atomic E-state index is 0.0816. The number of nitrogens with zero attached hydrogens (tertiary/aromatic N) is 2. The topological polar surface area (TPSA) is 43.8 Å². The molecule has 0 aliphatic carbocycles. The lowest BCUT2D eigenvalue weighted by Crippen LogP contribution is -2.56. The van der Waals surface area contributed by atoms with Crippen LogP contribution in [0.1, 0.15) is 38.2 Å². The van der Waals surface area contributed by atoms with Crippen LogP contribution >= 0.6 is 0 Å². The molecular formula is C19H27FN2O2. The van der Waals surface area contributed by atoms with Crippen molar-refractivity contribution in [1.82, 2.24) is 9.80 Å². The predicted octanol–water partition coefficient (Wildman–Crippen LogP) is 2.20. The van der Waals surface area contributed by atoms with Crippen LogP contribution < -0.4 is 0 Å². The quantitative estimate of drug-likeness (QED) is 0.922. The monoisotopic (exact) mass is 334 g/mol. The number of rotatable bonds is 3. The Labute approximate surface area is 143 Å². The lowest BCUT2D eigenvalue weighted by Gasteiger charge is -2.46. The summed E-state index contributed by atoms with van der Waals surface area (Å²) >= 11 is 0. The number of benzene rings is 1. The van der Waals surface area contributed by atoms with Gasteiger partial charge in [0.15, 0.2) is 0 Å². The summed E-state index contributed by atoms with van der Waals surface area (Å²) in [7, 11) is 0. The number of hydrogen-bond acceptors (Lipinski definition) is 3. The molecule has 24 heavy (non-hydrogen) atoms. The van der Waals surface area contributed by atoms with E-state index < -0.39 is 0 Å². The van der Waals surface area contributed by atoms with Crippen molar-refractivity contribution >= 4 is 5.91 Å². The summed E-state index contributed by atoms with van der Waals surface area (Å²) < 4.78 is 13.1. The van der Waals surface area contributed by atoms with E-state index in [9.17, 15) is 14.3 Å². The molecule has 1 aromatic rings. The molecule has 2 heterocycles. The number of aliphatic hydroxyl groups is 1. The van der Waals surface area contributed by atoms with Crippen molar-refractivity contribution < 1.29 is 14.3 Å². The highest BCUT2D eigenvalue weighted by molar-refractivity contribution is 5.73. The molecule has 0 saturated carbocycles. The second kappa shape index (κ2) is 7.62. The van der Waals surface area contributed by atoms with Gasteiger partial charge in [-0.05, 0) is 56.3 Å². The number of hydrogen-bond donors (Lipinski definition) is 1. The molecule has 0 bridgehead atoms. The normalized spacial score (nSPS) is 26.5. The predicted molar refractivity (Wildman–Crippen MR) is 91.1 cm³/mol. The molecule has 1 aromatic carbocycles. The number of aliphatic hydroxyl groups excluding tert-OH is 1. The van der Waals surface area contributed by atoms with Gasteiger partial charge in [-0.2, -0.15) is 0 Å². The van der Waals surface area contributed by atoms with Gasteiger partial charge < -0.3 is 10.0 Å². The maximum atomic E-state index is 13.1. The number of likely N-dealkylation sites (tertiary alicyclic amines) is 2. The van der Waals surface area contributed by atoms with Crippen LogP contribution in [0.5, 0.6) is 0 Å². The van der Waals surface area contributed by atoms with E-state index in [1.54, 1.807) is 6.92 Å². The van der Waals surface area contributed by atoms with Gasteiger partial charge in [0.2, 0.25) is 5.91 Å².